The smallest absolute Gasteiger partial charge is 0.309 e. The van der Waals surface area contributed by atoms with E-state index in [1.165, 1.54) is 0 Å². The lowest BCUT2D eigenvalue weighted by Gasteiger charge is -2.63. The average Bonchev–Trinajstić information content (AvgIpc) is 3.06. The summed E-state index contributed by atoms with van der Waals surface area (Å²) in [5, 5.41) is 50.0. The van der Waals surface area contributed by atoms with Gasteiger partial charge in [-0.05, 0) is 92.8 Å². The number of fused-ring (bicyclic) bond motifs is 3. The van der Waals surface area contributed by atoms with Gasteiger partial charge in [0.2, 0.25) is 0 Å². The lowest BCUT2D eigenvalue weighted by molar-refractivity contribution is -0.303. The molecule has 1 heterocycles. The van der Waals surface area contributed by atoms with Crippen LogP contribution in [0, 0.1) is 39.9 Å². The summed E-state index contributed by atoms with van der Waals surface area (Å²) in [6.07, 6.45) is 3.18. The standard InChI is InChI=1S/C26H42O8/c1-24-7-3-8-25(2,23(31)32)17(24)6-9-26-10-14(4-5-18(24)26)15(11-26)13-33-22-21(30)20(29)19(28)16(12-27)34-22/h14-22,27-30H,3-13H2,1-2H3,(H,31,32)/t14-,15?,16-,17+,18+,19-,20+,21-,22-,24-,25-,26+/m1/s1. The molecule has 0 radical (unpaired) electrons. The molecule has 8 heteroatoms. The molecular formula is C26H42O8. The summed E-state index contributed by atoms with van der Waals surface area (Å²) >= 11 is 0. The van der Waals surface area contributed by atoms with Crippen molar-refractivity contribution in [2.24, 2.45) is 39.9 Å². The van der Waals surface area contributed by atoms with Crippen molar-refractivity contribution < 1.29 is 39.8 Å². The Hall–Kier alpha value is -0.770. The molecule has 4 aliphatic carbocycles. The number of aliphatic hydroxyl groups is 4. The van der Waals surface area contributed by atoms with Gasteiger partial charge in [0.25, 0.3) is 0 Å². The Morgan fingerprint density at radius 2 is 1.74 bits per heavy atom. The molecule has 0 aromatic rings. The number of aliphatic hydroxyl groups excluding tert-OH is 4. The minimum atomic E-state index is -1.42. The first kappa shape index (κ1) is 24.9. The Kier molecular flexibility index (Phi) is 6.35. The fourth-order valence-electron chi connectivity index (χ4n) is 9.46. The van der Waals surface area contributed by atoms with Gasteiger partial charge in [-0.2, -0.15) is 0 Å². The van der Waals surface area contributed by atoms with Gasteiger partial charge in [-0.25, -0.2) is 0 Å². The molecule has 4 saturated carbocycles. The number of hydrogen-bond acceptors (Lipinski definition) is 7. The highest BCUT2D eigenvalue weighted by molar-refractivity contribution is 5.75. The van der Waals surface area contributed by atoms with E-state index < -0.39 is 48.7 Å². The van der Waals surface area contributed by atoms with Crippen LogP contribution in [0.3, 0.4) is 0 Å². The first-order valence-electron chi connectivity index (χ1n) is 13.2. The molecule has 1 aliphatic heterocycles. The fourth-order valence-corrected chi connectivity index (χ4v) is 9.46. The zero-order valence-corrected chi connectivity index (χ0v) is 20.4. The molecule has 5 aliphatic rings. The number of ether oxygens (including phenoxy) is 2. The van der Waals surface area contributed by atoms with Gasteiger partial charge in [0, 0.05) is 0 Å². The Labute approximate surface area is 201 Å². The largest absolute Gasteiger partial charge is 0.481 e. The first-order valence-corrected chi connectivity index (χ1v) is 13.2. The first-order chi connectivity index (χ1) is 16.1. The van der Waals surface area contributed by atoms with E-state index >= 15 is 0 Å². The van der Waals surface area contributed by atoms with Crippen molar-refractivity contribution in [3.05, 3.63) is 0 Å². The van der Waals surface area contributed by atoms with Gasteiger partial charge in [0.05, 0.1) is 18.6 Å². The highest BCUT2D eigenvalue weighted by Gasteiger charge is 2.65. The SMILES string of the molecule is C[C@@]12CCC[C@@](C)(C(=O)O)[C@H]1CC[C@]13CC(CO[C@@H]4O[C@H](CO)[C@@H](O)[C@H](O)[C@H]4O)[C@H](CC[C@H]12)C3. The Bertz CT molecular complexity index is 789. The van der Waals surface area contributed by atoms with Gasteiger partial charge in [-0.1, -0.05) is 13.3 Å². The van der Waals surface area contributed by atoms with Gasteiger partial charge < -0.3 is 35.0 Å². The number of rotatable bonds is 5. The van der Waals surface area contributed by atoms with Crippen LogP contribution in [0.15, 0.2) is 0 Å². The van der Waals surface area contributed by atoms with Crippen LogP contribution in [0.2, 0.25) is 0 Å². The van der Waals surface area contributed by atoms with E-state index in [0.29, 0.717) is 24.4 Å². The number of carboxylic acids is 1. The summed E-state index contributed by atoms with van der Waals surface area (Å²) in [7, 11) is 0. The zero-order valence-electron chi connectivity index (χ0n) is 20.4. The van der Waals surface area contributed by atoms with Crippen molar-refractivity contribution in [2.45, 2.75) is 102 Å². The van der Waals surface area contributed by atoms with E-state index in [0.717, 1.165) is 57.8 Å². The van der Waals surface area contributed by atoms with Crippen LogP contribution in [-0.4, -0.2) is 75.4 Å². The van der Waals surface area contributed by atoms with Crippen molar-refractivity contribution in [1.82, 2.24) is 0 Å². The minimum Gasteiger partial charge on any atom is -0.481 e. The van der Waals surface area contributed by atoms with Crippen LogP contribution in [0.4, 0.5) is 0 Å². The third-order valence-electron chi connectivity index (χ3n) is 11.1. The fraction of sp³-hybridized carbons (Fsp3) is 0.962. The maximum absolute atomic E-state index is 12.3. The van der Waals surface area contributed by atoms with E-state index in [2.05, 4.69) is 6.92 Å². The molecule has 194 valence electrons. The highest BCUT2D eigenvalue weighted by atomic mass is 16.7. The van der Waals surface area contributed by atoms with Crippen molar-refractivity contribution in [2.75, 3.05) is 13.2 Å². The minimum absolute atomic E-state index is 0.0572. The molecule has 5 fully saturated rings. The number of carbonyl (C=O) groups is 1. The van der Waals surface area contributed by atoms with E-state index in [1.54, 1.807) is 0 Å². The zero-order chi connectivity index (χ0) is 24.5. The van der Waals surface area contributed by atoms with Crippen LogP contribution >= 0.6 is 0 Å². The van der Waals surface area contributed by atoms with Crippen molar-refractivity contribution in [3.8, 4) is 0 Å². The molecule has 8 nitrogen and oxygen atoms in total. The second kappa shape index (κ2) is 8.67. The monoisotopic (exact) mass is 482 g/mol. The molecule has 0 aromatic heterocycles. The normalized spacial score (nSPS) is 54.8. The van der Waals surface area contributed by atoms with E-state index in [-0.39, 0.29) is 16.7 Å². The molecule has 1 saturated heterocycles. The third kappa shape index (κ3) is 3.58. The lowest BCUT2D eigenvalue weighted by atomic mass is 9.41. The highest BCUT2D eigenvalue weighted by Crippen LogP contribution is 2.72. The average molecular weight is 483 g/mol. The van der Waals surface area contributed by atoms with Crippen LogP contribution in [-0.2, 0) is 14.3 Å². The van der Waals surface area contributed by atoms with Gasteiger partial charge in [0.15, 0.2) is 6.29 Å². The van der Waals surface area contributed by atoms with Crippen LogP contribution < -0.4 is 0 Å². The maximum Gasteiger partial charge on any atom is 0.309 e. The van der Waals surface area contributed by atoms with Gasteiger partial charge in [0.1, 0.15) is 24.4 Å². The number of carboxylic acid groups (broad SMARTS) is 1. The summed E-state index contributed by atoms with van der Waals surface area (Å²) in [4.78, 5) is 12.3. The maximum atomic E-state index is 12.3. The molecule has 5 N–H and O–H groups in total. The summed E-state index contributed by atoms with van der Waals surface area (Å²) in [6.45, 7) is 4.31. The molecule has 12 atom stereocenters. The predicted octanol–water partition coefficient (Wildman–Crippen LogP) is 1.92. The van der Waals surface area contributed by atoms with E-state index in [4.69, 9.17) is 9.47 Å². The van der Waals surface area contributed by atoms with Crippen LogP contribution in [0.5, 0.6) is 0 Å². The molecule has 34 heavy (non-hydrogen) atoms. The second-order valence-electron chi connectivity index (χ2n) is 12.6. The van der Waals surface area contributed by atoms with Gasteiger partial charge in [-0.3, -0.25) is 4.79 Å². The van der Waals surface area contributed by atoms with Crippen LogP contribution in [0.25, 0.3) is 0 Å². The Morgan fingerprint density at radius 3 is 2.44 bits per heavy atom. The second-order valence-corrected chi connectivity index (χ2v) is 12.6. The van der Waals surface area contributed by atoms with E-state index in [9.17, 15) is 30.3 Å². The molecule has 1 unspecified atom stereocenters. The summed E-state index contributed by atoms with van der Waals surface area (Å²) in [6, 6.07) is 0. The van der Waals surface area contributed by atoms with Crippen molar-refractivity contribution >= 4 is 5.97 Å². The van der Waals surface area contributed by atoms with Crippen LogP contribution in [0.1, 0.15) is 71.6 Å². The molecular weight excluding hydrogens is 440 g/mol. The Balaban J connectivity index is 1.29. The van der Waals surface area contributed by atoms with E-state index in [1.807, 2.05) is 6.92 Å². The van der Waals surface area contributed by atoms with Gasteiger partial charge >= 0.3 is 5.97 Å². The molecule has 2 bridgehead atoms. The number of hydrogen-bond donors (Lipinski definition) is 5. The third-order valence-corrected chi connectivity index (χ3v) is 11.1. The lowest BCUT2D eigenvalue weighted by Crippen LogP contribution is -2.59. The van der Waals surface area contributed by atoms with Crippen molar-refractivity contribution in [3.63, 3.8) is 0 Å². The van der Waals surface area contributed by atoms with Gasteiger partial charge in [-0.15, -0.1) is 0 Å². The summed E-state index contributed by atoms with van der Waals surface area (Å²) < 4.78 is 11.5. The molecule has 0 aromatic carbocycles. The summed E-state index contributed by atoms with van der Waals surface area (Å²) in [5.41, 5.74) is -0.342. The van der Waals surface area contributed by atoms with Crippen molar-refractivity contribution in [1.29, 1.82) is 0 Å². The molecule has 0 amide bonds. The summed E-state index contributed by atoms with van der Waals surface area (Å²) in [5.74, 6) is 0.988. The predicted molar refractivity (Wildman–Crippen MR) is 122 cm³/mol. The molecule has 1 spiro atoms. The topological polar surface area (TPSA) is 137 Å². The quantitative estimate of drug-likeness (QED) is 0.401. The molecule has 5 rings (SSSR count). The number of aliphatic carboxylic acids is 1. The Morgan fingerprint density at radius 1 is 0.971 bits per heavy atom.